The summed E-state index contributed by atoms with van der Waals surface area (Å²) in [5.41, 5.74) is 22.4. The molecule has 102 valence electrons. The van der Waals surface area contributed by atoms with Crippen LogP contribution < -0.4 is 22.9 Å². The monoisotopic (exact) mass is 293 g/mol. The fraction of sp³-hybridized carbons (Fsp3) is 0.222. The van der Waals surface area contributed by atoms with Gasteiger partial charge in [-0.1, -0.05) is 6.07 Å². The lowest BCUT2D eigenvalue weighted by Crippen LogP contribution is -2.23. The normalized spacial score (nSPS) is 8.44. The fourth-order valence-electron chi connectivity index (χ4n) is 1.05. The number of rotatable bonds is 4. The van der Waals surface area contributed by atoms with Crippen LogP contribution in [0.1, 0.15) is 11.4 Å². The maximum absolute atomic E-state index is 5.22. The molecule has 0 bridgehead atoms. The number of nitrogens with two attached hydrogens (primary N) is 4. The standard InChI is InChI=1S/C9H15N7.2ClH/c10-8(11)14-4-6-2-1-3-7(16-6)5-15-9(12)13;;/h1-3H,4-5H2,(H4,10,11,14)(H4,12,13,15);2*1H. The van der Waals surface area contributed by atoms with Gasteiger partial charge in [0.1, 0.15) is 0 Å². The zero-order chi connectivity index (χ0) is 12.0. The van der Waals surface area contributed by atoms with Crippen molar-refractivity contribution in [2.75, 3.05) is 0 Å². The Kier molecular flexibility index (Phi) is 9.64. The molecule has 0 atom stereocenters. The number of hydrogen-bond acceptors (Lipinski definition) is 3. The van der Waals surface area contributed by atoms with Crippen molar-refractivity contribution in [3.63, 3.8) is 0 Å². The Labute approximate surface area is 118 Å². The largest absolute Gasteiger partial charge is 0.370 e. The first-order valence-electron chi connectivity index (χ1n) is 4.63. The van der Waals surface area contributed by atoms with Gasteiger partial charge in [-0.25, -0.2) is 9.98 Å². The Bertz CT molecular complexity index is 376. The highest BCUT2D eigenvalue weighted by molar-refractivity contribution is 5.85. The van der Waals surface area contributed by atoms with Crippen molar-refractivity contribution in [2.24, 2.45) is 32.9 Å². The fourth-order valence-corrected chi connectivity index (χ4v) is 1.05. The third kappa shape index (κ3) is 7.53. The summed E-state index contributed by atoms with van der Waals surface area (Å²) in [5, 5.41) is 0. The van der Waals surface area contributed by atoms with Gasteiger partial charge in [-0.2, -0.15) is 0 Å². The second-order valence-corrected chi connectivity index (χ2v) is 3.10. The average molecular weight is 294 g/mol. The minimum atomic E-state index is 0. The minimum absolute atomic E-state index is 0. The van der Waals surface area contributed by atoms with E-state index in [9.17, 15) is 0 Å². The van der Waals surface area contributed by atoms with Gasteiger partial charge in [0.05, 0.1) is 24.5 Å². The van der Waals surface area contributed by atoms with Crippen LogP contribution in [-0.2, 0) is 13.1 Å². The van der Waals surface area contributed by atoms with Crippen molar-refractivity contribution in [2.45, 2.75) is 13.1 Å². The first-order valence-corrected chi connectivity index (χ1v) is 4.63. The average Bonchev–Trinajstić information content (AvgIpc) is 2.24. The van der Waals surface area contributed by atoms with Crippen LogP contribution >= 0.6 is 24.8 Å². The summed E-state index contributed by atoms with van der Waals surface area (Å²) >= 11 is 0. The smallest absolute Gasteiger partial charge is 0.186 e. The third-order valence-corrected chi connectivity index (χ3v) is 1.71. The third-order valence-electron chi connectivity index (χ3n) is 1.71. The summed E-state index contributed by atoms with van der Waals surface area (Å²) in [4.78, 5) is 12.0. The van der Waals surface area contributed by atoms with Crippen molar-refractivity contribution >= 4 is 36.7 Å². The molecular weight excluding hydrogens is 277 g/mol. The summed E-state index contributed by atoms with van der Waals surface area (Å²) in [6.07, 6.45) is 0. The molecule has 0 amide bonds. The Morgan fingerprint density at radius 3 is 1.61 bits per heavy atom. The number of halogens is 2. The first-order chi connectivity index (χ1) is 7.58. The van der Waals surface area contributed by atoms with Crippen LogP contribution in [0.3, 0.4) is 0 Å². The van der Waals surface area contributed by atoms with Crippen molar-refractivity contribution in [1.82, 2.24) is 4.98 Å². The molecule has 1 heterocycles. The van der Waals surface area contributed by atoms with Crippen LogP contribution in [0.5, 0.6) is 0 Å². The van der Waals surface area contributed by atoms with E-state index in [1.807, 2.05) is 18.2 Å². The SMILES string of the molecule is Cl.Cl.NC(N)=NCc1cccc(CN=C(N)N)n1. The van der Waals surface area contributed by atoms with Gasteiger partial charge < -0.3 is 22.9 Å². The topological polar surface area (TPSA) is 142 Å². The van der Waals surface area contributed by atoms with Gasteiger partial charge in [0.25, 0.3) is 0 Å². The van der Waals surface area contributed by atoms with E-state index in [1.54, 1.807) is 0 Å². The molecule has 1 aromatic rings. The second-order valence-electron chi connectivity index (χ2n) is 3.10. The lowest BCUT2D eigenvalue weighted by molar-refractivity contribution is 0.911. The molecular formula is C9H17Cl2N7. The highest BCUT2D eigenvalue weighted by Crippen LogP contribution is 2.02. The number of aliphatic imine (C=N–C) groups is 2. The van der Waals surface area contributed by atoms with E-state index >= 15 is 0 Å². The molecule has 18 heavy (non-hydrogen) atoms. The Morgan fingerprint density at radius 2 is 1.28 bits per heavy atom. The summed E-state index contributed by atoms with van der Waals surface area (Å²) in [6.45, 7) is 0.690. The molecule has 0 aliphatic heterocycles. The second kappa shape index (κ2) is 9.32. The summed E-state index contributed by atoms with van der Waals surface area (Å²) < 4.78 is 0. The first kappa shape index (κ1) is 18.6. The Morgan fingerprint density at radius 1 is 0.889 bits per heavy atom. The molecule has 0 saturated carbocycles. The van der Waals surface area contributed by atoms with Crippen LogP contribution in [0.4, 0.5) is 0 Å². The lowest BCUT2D eigenvalue weighted by atomic mass is 10.3. The van der Waals surface area contributed by atoms with Crippen LogP contribution in [0, 0.1) is 0 Å². The van der Waals surface area contributed by atoms with Crippen LogP contribution in [-0.4, -0.2) is 16.9 Å². The maximum Gasteiger partial charge on any atom is 0.186 e. The van der Waals surface area contributed by atoms with Gasteiger partial charge in [-0.05, 0) is 12.1 Å². The van der Waals surface area contributed by atoms with Crippen LogP contribution in [0.2, 0.25) is 0 Å². The molecule has 0 radical (unpaired) electrons. The molecule has 0 unspecified atom stereocenters. The molecule has 1 aromatic heterocycles. The van der Waals surface area contributed by atoms with Gasteiger partial charge in [0, 0.05) is 0 Å². The molecule has 9 heteroatoms. The maximum atomic E-state index is 5.22. The van der Waals surface area contributed by atoms with E-state index < -0.39 is 0 Å². The number of nitrogens with zero attached hydrogens (tertiary/aromatic N) is 3. The predicted octanol–water partition coefficient (Wildman–Crippen LogP) is -0.528. The summed E-state index contributed by atoms with van der Waals surface area (Å²) in [7, 11) is 0. The van der Waals surface area contributed by atoms with Gasteiger partial charge in [-0.15, -0.1) is 24.8 Å². The van der Waals surface area contributed by atoms with E-state index in [0.29, 0.717) is 13.1 Å². The van der Waals surface area contributed by atoms with Crippen molar-refractivity contribution in [1.29, 1.82) is 0 Å². The molecule has 0 aromatic carbocycles. The Hall–Kier alpha value is -1.73. The minimum Gasteiger partial charge on any atom is -0.370 e. The lowest BCUT2D eigenvalue weighted by Gasteiger charge is -2.00. The van der Waals surface area contributed by atoms with Crippen molar-refractivity contribution in [3.05, 3.63) is 29.6 Å². The van der Waals surface area contributed by atoms with E-state index in [-0.39, 0.29) is 36.7 Å². The van der Waals surface area contributed by atoms with Crippen LogP contribution in [0.15, 0.2) is 28.2 Å². The van der Waals surface area contributed by atoms with Gasteiger partial charge >= 0.3 is 0 Å². The molecule has 0 aliphatic rings. The number of hydrogen-bond donors (Lipinski definition) is 4. The van der Waals surface area contributed by atoms with Crippen LogP contribution in [0.25, 0.3) is 0 Å². The van der Waals surface area contributed by atoms with Gasteiger partial charge in [-0.3, -0.25) is 4.98 Å². The molecule has 8 N–H and O–H groups in total. The van der Waals surface area contributed by atoms with Crippen molar-refractivity contribution < 1.29 is 0 Å². The van der Waals surface area contributed by atoms with E-state index in [2.05, 4.69) is 15.0 Å². The Balaban J connectivity index is 0. The van der Waals surface area contributed by atoms with Gasteiger partial charge in [0.15, 0.2) is 11.9 Å². The predicted molar refractivity (Wildman–Crippen MR) is 77.8 cm³/mol. The van der Waals surface area contributed by atoms with Gasteiger partial charge in [0.2, 0.25) is 0 Å². The number of guanidine groups is 2. The van der Waals surface area contributed by atoms with E-state index in [1.165, 1.54) is 0 Å². The molecule has 0 spiro atoms. The van der Waals surface area contributed by atoms with Crippen molar-refractivity contribution in [3.8, 4) is 0 Å². The number of aromatic nitrogens is 1. The molecule has 0 fully saturated rings. The molecule has 0 saturated heterocycles. The highest BCUT2D eigenvalue weighted by atomic mass is 35.5. The molecule has 7 nitrogen and oxygen atoms in total. The zero-order valence-electron chi connectivity index (χ0n) is 9.61. The van der Waals surface area contributed by atoms with E-state index in [4.69, 9.17) is 22.9 Å². The molecule has 0 aliphatic carbocycles. The summed E-state index contributed by atoms with van der Waals surface area (Å²) in [6, 6.07) is 5.50. The quantitative estimate of drug-likeness (QED) is 0.436. The zero-order valence-corrected chi connectivity index (χ0v) is 11.2. The highest BCUT2D eigenvalue weighted by Gasteiger charge is 1.97. The number of pyridine rings is 1. The molecule has 1 rings (SSSR count). The summed E-state index contributed by atoms with van der Waals surface area (Å²) in [5.74, 6) is 0.0767. The van der Waals surface area contributed by atoms with E-state index in [0.717, 1.165) is 11.4 Å².